The second kappa shape index (κ2) is 10.1. The highest BCUT2D eigenvalue weighted by molar-refractivity contribution is 6.33. The minimum atomic E-state index is 0.842. The average molecular weight is 602 g/mol. The van der Waals surface area contributed by atoms with Crippen molar-refractivity contribution >= 4 is 82.5 Å². The third kappa shape index (κ3) is 3.81. The summed E-state index contributed by atoms with van der Waals surface area (Å²) in [6.07, 6.45) is 0. The van der Waals surface area contributed by atoms with Gasteiger partial charge in [-0.1, -0.05) is 127 Å². The quantitative estimate of drug-likeness (QED) is 0.188. The molecule has 0 fully saturated rings. The van der Waals surface area contributed by atoms with Gasteiger partial charge in [0, 0.05) is 32.8 Å². The van der Waals surface area contributed by atoms with Crippen LogP contribution in [0.5, 0.6) is 0 Å². The van der Waals surface area contributed by atoms with Crippen molar-refractivity contribution in [2.24, 2.45) is 0 Å². The van der Waals surface area contributed by atoms with Crippen molar-refractivity contribution in [3.05, 3.63) is 164 Å². The first-order chi connectivity index (χ1) is 23.3. The minimum absolute atomic E-state index is 0.842. The first kappa shape index (κ1) is 26.0. The zero-order valence-corrected chi connectivity index (χ0v) is 25.4. The van der Waals surface area contributed by atoms with Crippen LogP contribution in [0, 0.1) is 0 Å². The molecule has 0 aliphatic carbocycles. The highest BCUT2D eigenvalue weighted by atomic mass is 16.3. The van der Waals surface area contributed by atoms with E-state index in [-0.39, 0.29) is 0 Å². The summed E-state index contributed by atoms with van der Waals surface area (Å²) >= 11 is 0. The van der Waals surface area contributed by atoms with Crippen molar-refractivity contribution in [1.82, 2.24) is 0 Å². The van der Waals surface area contributed by atoms with Gasteiger partial charge in [-0.3, -0.25) is 0 Å². The molecule has 47 heavy (non-hydrogen) atoms. The Morgan fingerprint density at radius 1 is 0.362 bits per heavy atom. The fourth-order valence-electron chi connectivity index (χ4n) is 7.43. The van der Waals surface area contributed by atoms with Gasteiger partial charge in [0.1, 0.15) is 16.7 Å². The molecule has 220 valence electrons. The van der Waals surface area contributed by atoms with Crippen LogP contribution in [-0.2, 0) is 0 Å². The van der Waals surface area contributed by atoms with Gasteiger partial charge in [0.05, 0.1) is 16.8 Å². The Hall–Kier alpha value is -6.32. The van der Waals surface area contributed by atoms with Gasteiger partial charge in [-0.15, -0.1) is 0 Å². The van der Waals surface area contributed by atoms with Gasteiger partial charge < -0.3 is 13.7 Å². The predicted molar refractivity (Wildman–Crippen MR) is 196 cm³/mol. The van der Waals surface area contributed by atoms with Crippen LogP contribution in [-0.4, -0.2) is 0 Å². The smallest absolute Gasteiger partial charge is 0.159 e. The van der Waals surface area contributed by atoms with Crippen LogP contribution >= 0.6 is 0 Å². The summed E-state index contributed by atoms with van der Waals surface area (Å²) in [6, 6.07) is 57.6. The molecule has 0 saturated carbocycles. The van der Waals surface area contributed by atoms with Crippen LogP contribution < -0.4 is 4.90 Å². The number of hydrogen-bond acceptors (Lipinski definition) is 3. The standard InChI is InChI=1S/C44H27NO2/c1-3-14-28(15-4-1)30-26-27-39-41(40-34-21-9-7-18-31(34)32-19-8-10-22-35(32)44(40)47-39)42(30)45(29-16-5-2-6-17-29)37-24-13-23-36-33-20-11-12-25-38(33)46-43(36)37/h1-27H. The summed E-state index contributed by atoms with van der Waals surface area (Å²) in [6.45, 7) is 0. The molecule has 10 rings (SSSR count). The molecule has 2 heterocycles. The normalized spacial score (nSPS) is 11.8. The van der Waals surface area contributed by atoms with Crippen LogP contribution in [0.4, 0.5) is 17.1 Å². The number of anilines is 3. The highest BCUT2D eigenvalue weighted by Crippen LogP contribution is 2.52. The van der Waals surface area contributed by atoms with Gasteiger partial charge in [-0.25, -0.2) is 0 Å². The largest absolute Gasteiger partial charge is 0.455 e. The summed E-state index contributed by atoms with van der Waals surface area (Å²) in [4.78, 5) is 2.37. The maximum Gasteiger partial charge on any atom is 0.159 e. The lowest BCUT2D eigenvalue weighted by atomic mass is 9.93. The van der Waals surface area contributed by atoms with E-state index >= 15 is 0 Å². The van der Waals surface area contributed by atoms with Crippen LogP contribution in [0.3, 0.4) is 0 Å². The fourth-order valence-corrected chi connectivity index (χ4v) is 7.43. The summed E-state index contributed by atoms with van der Waals surface area (Å²) < 4.78 is 13.6. The number of fused-ring (bicyclic) bond motifs is 11. The molecule has 0 aliphatic heterocycles. The Labute approximate surface area is 270 Å². The lowest BCUT2D eigenvalue weighted by Gasteiger charge is -2.28. The number of hydrogen-bond donors (Lipinski definition) is 0. The first-order valence-electron chi connectivity index (χ1n) is 15.9. The number of para-hydroxylation sites is 3. The third-order valence-electron chi connectivity index (χ3n) is 9.43. The summed E-state index contributed by atoms with van der Waals surface area (Å²) in [5.41, 5.74) is 8.74. The van der Waals surface area contributed by atoms with Gasteiger partial charge >= 0.3 is 0 Å². The van der Waals surface area contributed by atoms with Crippen molar-refractivity contribution in [2.45, 2.75) is 0 Å². The molecule has 2 aromatic heterocycles. The highest BCUT2D eigenvalue weighted by Gasteiger charge is 2.27. The fraction of sp³-hybridized carbons (Fsp3) is 0. The van der Waals surface area contributed by atoms with Crippen molar-refractivity contribution in [2.75, 3.05) is 4.90 Å². The van der Waals surface area contributed by atoms with E-state index in [0.29, 0.717) is 0 Å². The maximum atomic E-state index is 6.91. The molecule has 0 N–H and O–H groups in total. The van der Waals surface area contributed by atoms with Crippen molar-refractivity contribution in [3.63, 3.8) is 0 Å². The molecule has 8 aromatic carbocycles. The topological polar surface area (TPSA) is 29.5 Å². The molecule has 0 bridgehead atoms. The molecule has 0 atom stereocenters. The molecule has 0 spiro atoms. The maximum absolute atomic E-state index is 6.91. The van der Waals surface area contributed by atoms with Crippen LogP contribution in [0.25, 0.3) is 76.5 Å². The Kier molecular flexibility index (Phi) is 5.57. The summed E-state index contributed by atoms with van der Waals surface area (Å²) in [7, 11) is 0. The Morgan fingerprint density at radius 2 is 0.936 bits per heavy atom. The number of rotatable bonds is 4. The first-order valence-corrected chi connectivity index (χ1v) is 15.9. The zero-order chi connectivity index (χ0) is 30.9. The SMILES string of the molecule is c1ccc(-c2ccc3oc4c5ccccc5c5ccccc5c4c3c2N(c2ccccc2)c2cccc3c2oc2ccccc23)cc1. The monoisotopic (exact) mass is 601 g/mol. The lowest BCUT2D eigenvalue weighted by Crippen LogP contribution is -2.12. The molecule has 0 radical (unpaired) electrons. The predicted octanol–water partition coefficient (Wildman–Crippen LogP) is 12.9. The van der Waals surface area contributed by atoms with Crippen LogP contribution in [0.15, 0.2) is 173 Å². The van der Waals surface area contributed by atoms with Gasteiger partial charge in [0.15, 0.2) is 5.58 Å². The number of nitrogens with zero attached hydrogens (tertiary/aromatic N) is 1. The Bertz CT molecular complexity index is 2790. The molecule has 3 heteroatoms. The molecule has 10 aromatic rings. The van der Waals surface area contributed by atoms with E-state index in [1.54, 1.807) is 0 Å². The van der Waals surface area contributed by atoms with Gasteiger partial charge in [0.25, 0.3) is 0 Å². The summed E-state index contributed by atoms with van der Waals surface area (Å²) in [5, 5.41) is 9.04. The average Bonchev–Trinajstić information content (AvgIpc) is 3.73. The number of benzene rings is 8. The van der Waals surface area contributed by atoms with Crippen molar-refractivity contribution < 1.29 is 8.83 Å². The summed E-state index contributed by atoms with van der Waals surface area (Å²) in [5.74, 6) is 0. The van der Waals surface area contributed by atoms with E-state index in [1.165, 1.54) is 16.2 Å². The molecular formula is C44H27NO2. The van der Waals surface area contributed by atoms with Crippen molar-refractivity contribution in [3.8, 4) is 11.1 Å². The van der Waals surface area contributed by atoms with E-state index in [2.05, 4.69) is 157 Å². The van der Waals surface area contributed by atoms with E-state index in [9.17, 15) is 0 Å². The molecule has 3 nitrogen and oxygen atoms in total. The Balaban J connectivity index is 1.44. The minimum Gasteiger partial charge on any atom is -0.455 e. The van der Waals surface area contributed by atoms with Gasteiger partial charge in [0.2, 0.25) is 0 Å². The van der Waals surface area contributed by atoms with E-state index in [4.69, 9.17) is 8.83 Å². The number of furan rings is 2. The molecule has 0 amide bonds. The molecular weight excluding hydrogens is 574 g/mol. The van der Waals surface area contributed by atoms with Crippen LogP contribution in [0.2, 0.25) is 0 Å². The van der Waals surface area contributed by atoms with Gasteiger partial charge in [-0.05, 0) is 58.1 Å². The van der Waals surface area contributed by atoms with Gasteiger partial charge in [-0.2, -0.15) is 0 Å². The van der Waals surface area contributed by atoms with E-state index in [0.717, 1.165) is 77.5 Å². The zero-order valence-electron chi connectivity index (χ0n) is 25.4. The molecule has 0 aliphatic rings. The lowest BCUT2D eigenvalue weighted by molar-refractivity contribution is 0.669. The molecule has 0 saturated heterocycles. The Morgan fingerprint density at radius 3 is 1.72 bits per heavy atom. The second-order valence-corrected chi connectivity index (χ2v) is 12.0. The van der Waals surface area contributed by atoms with E-state index < -0.39 is 0 Å². The third-order valence-corrected chi connectivity index (χ3v) is 9.43. The van der Waals surface area contributed by atoms with Crippen molar-refractivity contribution in [1.29, 1.82) is 0 Å². The van der Waals surface area contributed by atoms with E-state index in [1.807, 2.05) is 12.1 Å². The molecule has 0 unspecified atom stereocenters. The van der Waals surface area contributed by atoms with Crippen LogP contribution in [0.1, 0.15) is 0 Å². The second-order valence-electron chi connectivity index (χ2n) is 12.0.